The lowest BCUT2D eigenvalue weighted by molar-refractivity contribution is -0.154. The van der Waals surface area contributed by atoms with E-state index < -0.39 is 18.1 Å². The van der Waals surface area contributed by atoms with Gasteiger partial charge in [-0.2, -0.15) is 0 Å². The summed E-state index contributed by atoms with van der Waals surface area (Å²) in [5.74, 6) is 0.278. The molecule has 2 aromatic heterocycles. The number of carbonyl (C=O) groups excluding carboxylic acids is 1. The van der Waals surface area contributed by atoms with Crippen molar-refractivity contribution in [3.05, 3.63) is 51.9 Å². The molecule has 2 saturated heterocycles. The summed E-state index contributed by atoms with van der Waals surface area (Å²) >= 11 is 0. The molecule has 40 heavy (non-hydrogen) atoms. The molecule has 216 valence electrons. The van der Waals surface area contributed by atoms with E-state index in [0.717, 1.165) is 41.1 Å². The fourth-order valence-corrected chi connectivity index (χ4v) is 5.39. The number of aliphatic hydroxyl groups is 1. The number of aryl methyl sites for hydroxylation is 2. The summed E-state index contributed by atoms with van der Waals surface area (Å²) < 4.78 is 20.6. The average molecular weight is 554 g/mol. The summed E-state index contributed by atoms with van der Waals surface area (Å²) in [4.78, 5) is 32.3. The minimum absolute atomic E-state index is 0.00736. The van der Waals surface area contributed by atoms with Gasteiger partial charge in [0, 0.05) is 50.4 Å². The highest BCUT2D eigenvalue weighted by molar-refractivity contribution is 5.81. The summed E-state index contributed by atoms with van der Waals surface area (Å²) in [5.41, 5.74) is 4.13. The van der Waals surface area contributed by atoms with Crippen LogP contribution < -0.4 is 10.9 Å². The predicted octanol–water partition coefficient (Wildman–Crippen LogP) is 1.21. The summed E-state index contributed by atoms with van der Waals surface area (Å²) in [6.45, 7) is 7.71. The number of nitrogens with one attached hydrogen (secondary N) is 1. The normalized spacial score (nSPS) is 21.5. The molecular formula is C29H39N5O6. The van der Waals surface area contributed by atoms with Crippen LogP contribution in [0.15, 0.2) is 35.3 Å². The molecule has 3 aromatic rings. The van der Waals surface area contributed by atoms with Crippen molar-refractivity contribution >= 4 is 17.0 Å². The maximum absolute atomic E-state index is 12.7. The van der Waals surface area contributed by atoms with Crippen LogP contribution in [0.4, 0.5) is 0 Å². The topological polar surface area (TPSA) is 120 Å². The molecule has 1 aromatic carbocycles. The zero-order valence-corrected chi connectivity index (χ0v) is 23.6. The molecule has 0 aliphatic carbocycles. The largest absolute Gasteiger partial charge is 0.459 e. The Balaban J connectivity index is 1.42. The summed E-state index contributed by atoms with van der Waals surface area (Å²) in [6.07, 6.45) is 1.29. The van der Waals surface area contributed by atoms with Crippen molar-refractivity contribution in [2.24, 2.45) is 7.05 Å². The SMILES string of the molecule is Cc1cc(-c2nc3cc(CN[C@H](C(=O)O[C@@H]4CCOC4)[C@H](C)O)ccc3n2CC2CN(C)CCO2)cn(C)c1=O. The molecule has 0 spiro atoms. The first kappa shape index (κ1) is 28.4. The van der Waals surface area contributed by atoms with Gasteiger partial charge in [0.25, 0.3) is 5.56 Å². The third kappa shape index (κ3) is 6.29. The monoisotopic (exact) mass is 553 g/mol. The van der Waals surface area contributed by atoms with Crippen molar-refractivity contribution in [1.29, 1.82) is 0 Å². The zero-order chi connectivity index (χ0) is 28.4. The number of esters is 1. The Kier molecular flexibility index (Phi) is 8.67. The average Bonchev–Trinajstić information content (AvgIpc) is 3.54. The van der Waals surface area contributed by atoms with Crippen molar-refractivity contribution in [2.75, 3.05) is 40.0 Å². The lowest BCUT2D eigenvalue weighted by Crippen LogP contribution is -2.46. The standard InChI is InChI=1S/C29H39N5O6/c1-18-11-21(14-33(4)28(18)36)27-31-24-12-20(5-6-25(24)34(27)16-23-15-32(3)8-10-39-23)13-30-26(19(2)35)29(37)40-22-7-9-38-17-22/h5-6,11-12,14,19,22-23,26,30,35H,7-10,13,15-17H2,1-4H3/t19-,22+,23?,26-/m0/s1. The van der Waals surface area contributed by atoms with Crippen molar-refractivity contribution in [3.63, 3.8) is 0 Å². The van der Waals surface area contributed by atoms with Crippen LogP contribution in [0.1, 0.15) is 24.5 Å². The van der Waals surface area contributed by atoms with Gasteiger partial charge in [0.1, 0.15) is 18.0 Å². The molecule has 0 amide bonds. The van der Waals surface area contributed by atoms with Crippen LogP contribution in [0.3, 0.4) is 0 Å². The highest BCUT2D eigenvalue weighted by atomic mass is 16.6. The van der Waals surface area contributed by atoms with E-state index in [1.807, 2.05) is 37.4 Å². The van der Waals surface area contributed by atoms with E-state index in [1.165, 1.54) is 0 Å². The summed E-state index contributed by atoms with van der Waals surface area (Å²) in [7, 11) is 3.84. The van der Waals surface area contributed by atoms with E-state index in [2.05, 4.69) is 21.8 Å². The van der Waals surface area contributed by atoms with Gasteiger partial charge in [-0.25, -0.2) is 4.98 Å². The Morgan fingerprint density at radius 2 is 2.10 bits per heavy atom. The first-order valence-corrected chi connectivity index (χ1v) is 13.9. The van der Waals surface area contributed by atoms with E-state index in [1.54, 1.807) is 18.5 Å². The number of nitrogens with zero attached hydrogens (tertiary/aromatic N) is 4. The van der Waals surface area contributed by atoms with Crippen LogP contribution in [0.25, 0.3) is 22.4 Å². The second kappa shape index (κ2) is 12.2. The molecule has 2 aliphatic rings. The number of aliphatic hydroxyl groups excluding tert-OH is 1. The molecule has 2 aliphatic heterocycles. The van der Waals surface area contributed by atoms with Gasteiger partial charge in [-0.3, -0.25) is 14.9 Å². The molecule has 2 N–H and O–H groups in total. The van der Waals surface area contributed by atoms with Crippen LogP contribution in [-0.2, 0) is 39.1 Å². The number of hydrogen-bond acceptors (Lipinski definition) is 9. The maximum atomic E-state index is 12.7. The van der Waals surface area contributed by atoms with Gasteiger partial charge in [0.15, 0.2) is 0 Å². The fourth-order valence-electron chi connectivity index (χ4n) is 5.39. The fraction of sp³-hybridized carbons (Fsp3) is 0.552. The Morgan fingerprint density at radius 3 is 2.80 bits per heavy atom. The quantitative estimate of drug-likeness (QED) is 0.377. The number of aromatic nitrogens is 3. The van der Waals surface area contributed by atoms with E-state index in [4.69, 9.17) is 19.2 Å². The Labute approximate surface area is 233 Å². The summed E-state index contributed by atoms with van der Waals surface area (Å²) in [5, 5.41) is 13.4. The predicted molar refractivity (Wildman–Crippen MR) is 150 cm³/mol. The number of hydrogen-bond donors (Lipinski definition) is 2. The zero-order valence-electron chi connectivity index (χ0n) is 23.6. The molecule has 11 heteroatoms. The van der Waals surface area contributed by atoms with Crippen LogP contribution in [0, 0.1) is 6.92 Å². The van der Waals surface area contributed by atoms with E-state index in [-0.39, 0.29) is 17.8 Å². The molecule has 0 saturated carbocycles. The van der Waals surface area contributed by atoms with Crippen molar-refractivity contribution < 1.29 is 24.1 Å². The molecule has 0 radical (unpaired) electrons. The first-order chi connectivity index (χ1) is 19.2. The molecule has 4 atom stereocenters. The van der Waals surface area contributed by atoms with E-state index >= 15 is 0 Å². The summed E-state index contributed by atoms with van der Waals surface area (Å²) in [6, 6.07) is 7.02. The van der Waals surface area contributed by atoms with Crippen molar-refractivity contribution in [3.8, 4) is 11.4 Å². The lowest BCUT2D eigenvalue weighted by atomic mass is 10.1. The molecular weight excluding hydrogens is 514 g/mol. The lowest BCUT2D eigenvalue weighted by Gasteiger charge is -2.30. The number of carbonyl (C=O) groups is 1. The van der Waals surface area contributed by atoms with Gasteiger partial charge >= 0.3 is 5.97 Å². The number of likely N-dealkylation sites (N-methyl/N-ethyl adjacent to an activating group) is 1. The number of fused-ring (bicyclic) bond motifs is 1. The third-order valence-electron chi connectivity index (χ3n) is 7.59. The minimum Gasteiger partial charge on any atom is -0.459 e. The van der Waals surface area contributed by atoms with Gasteiger partial charge in [0.05, 0.1) is 49.6 Å². The minimum atomic E-state index is -0.925. The Morgan fingerprint density at radius 1 is 1.27 bits per heavy atom. The Hall–Kier alpha value is -3.09. The number of pyridine rings is 1. The van der Waals surface area contributed by atoms with Crippen LogP contribution in [0.5, 0.6) is 0 Å². The van der Waals surface area contributed by atoms with Gasteiger partial charge in [-0.05, 0) is 44.7 Å². The first-order valence-electron chi connectivity index (χ1n) is 13.9. The van der Waals surface area contributed by atoms with Crippen LogP contribution >= 0.6 is 0 Å². The molecule has 5 rings (SSSR count). The number of rotatable bonds is 9. The molecule has 2 fully saturated rings. The number of ether oxygens (including phenoxy) is 3. The van der Waals surface area contributed by atoms with E-state index in [0.29, 0.717) is 44.9 Å². The molecule has 0 bridgehead atoms. The van der Waals surface area contributed by atoms with Crippen LogP contribution in [-0.4, -0.2) is 94.4 Å². The van der Waals surface area contributed by atoms with Gasteiger partial charge in [-0.15, -0.1) is 0 Å². The van der Waals surface area contributed by atoms with Crippen molar-refractivity contribution in [2.45, 2.75) is 57.7 Å². The second-order valence-corrected chi connectivity index (χ2v) is 11.0. The smallest absolute Gasteiger partial charge is 0.326 e. The number of morpholine rings is 1. The highest BCUT2D eigenvalue weighted by Crippen LogP contribution is 2.27. The van der Waals surface area contributed by atoms with Gasteiger partial charge in [0.2, 0.25) is 0 Å². The van der Waals surface area contributed by atoms with Crippen LogP contribution in [0.2, 0.25) is 0 Å². The second-order valence-electron chi connectivity index (χ2n) is 11.0. The van der Waals surface area contributed by atoms with Gasteiger partial charge < -0.3 is 33.4 Å². The molecule has 1 unspecified atom stereocenters. The maximum Gasteiger partial charge on any atom is 0.326 e. The number of benzene rings is 1. The van der Waals surface area contributed by atoms with Gasteiger partial charge in [-0.1, -0.05) is 6.07 Å². The Bertz CT molecular complexity index is 1380. The molecule has 11 nitrogen and oxygen atoms in total. The highest BCUT2D eigenvalue weighted by Gasteiger charge is 2.29. The third-order valence-corrected chi connectivity index (χ3v) is 7.59. The van der Waals surface area contributed by atoms with E-state index in [9.17, 15) is 14.7 Å². The number of imidazole rings is 1. The van der Waals surface area contributed by atoms with Crippen molar-refractivity contribution in [1.82, 2.24) is 24.3 Å². The molecule has 4 heterocycles.